The highest BCUT2D eigenvalue weighted by Crippen LogP contribution is 2.18. The third-order valence-electron chi connectivity index (χ3n) is 5.23. The predicted octanol–water partition coefficient (Wildman–Crippen LogP) is 4.22. The van der Waals surface area contributed by atoms with Crippen molar-refractivity contribution in [1.82, 2.24) is 14.9 Å². The Morgan fingerprint density at radius 2 is 1.70 bits per heavy atom. The van der Waals surface area contributed by atoms with Crippen LogP contribution in [0.1, 0.15) is 27.3 Å². The molecular weight excluding hydrogens is 441 g/mol. The van der Waals surface area contributed by atoms with Gasteiger partial charge in [-0.1, -0.05) is 36.4 Å². The lowest BCUT2D eigenvalue weighted by Gasteiger charge is -2.10. The van der Waals surface area contributed by atoms with Gasteiger partial charge in [0.25, 0.3) is 5.91 Å². The molecule has 1 amide bonds. The number of aryl methyl sites for hydroxylation is 1. The second kappa shape index (κ2) is 9.38. The van der Waals surface area contributed by atoms with Crippen molar-refractivity contribution in [2.45, 2.75) is 24.1 Å². The first-order chi connectivity index (χ1) is 15.8. The molecule has 0 fully saturated rings. The minimum absolute atomic E-state index is 0.152. The molecule has 168 valence electrons. The molecule has 0 aliphatic carbocycles. The summed E-state index contributed by atoms with van der Waals surface area (Å²) in [5.41, 5.74) is 1.99. The summed E-state index contributed by atoms with van der Waals surface area (Å²) in [5.74, 6) is -0.217. The fourth-order valence-corrected chi connectivity index (χ4v) is 4.83. The Labute approximate surface area is 191 Å². The van der Waals surface area contributed by atoms with E-state index in [9.17, 15) is 17.6 Å². The van der Waals surface area contributed by atoms with E-state index in [0.717, 1.165) is 0 Å². The summed E-state index contributed by atoms with van der Waals surface area (Å²) in [7, 11) is -3.46. The fourth-order valence-electron chi connectivity index (χ4n) is 3.46. The monoisotopic (exact) mass is 463 g/mol. The van der Waals surface area contributed by atoms with Gasteiger partial charge in [0.15, 0.2) is 9.84 Å². The first-order valence-corrected chi connectivity index (χ1v) is 11.9. The molecular formula is C25H22FN3O3S. The van der Waals surface area contributed by atoms with E-state index in [0.29, 0.717) is 28.2 Å². The van der Waals surface area contributed by atoms with E-state index in [1.54, 1.807) is 90.6 Å². The Balaban J connectivity index is 1.38. The normalized spacial score (nSPS) is 11.3. The summed E-state index contributed by atoms with van der Waals surface area (Å²) < 4.78 is 41.2. The van der Waals surface area contributed by atoms with Crippen LogP contribution in [-0.4, -0.2) is 23.9 Å². The number of carbonyl (C=O) groups excluding carboxylic acids is 1. The van der Waals surface area contributed by atoms with Crippen LogP contribution < -0.4 is 5.32 Å². The highest BCUT2D eigenvalue weighted by Gasteiger charge is 2.15. The fraction of sp³-hybridized carbons (Fsp3) is 0.120. The van der Waals surface area contributed by atoms with Crippen molar-refractivity contribution in [2.75, 3.05) is 0 Å². The maximum atomic E-state index is 14.5. The van der Waals surface area contributed by atoms with Crippen LogP contribution in [-0.2, 0) is 22.1 Å². The summed E-state index contributed by atoms with van der Waals surface area (Å²) in [6.45, 7) is 1.94. The molecule has 4 aromatic rings. The lowest BCUT2D eigenvalue weighted by Crippen LogP contribution is -2.23. The van der Waals surface area contributed by atoms with E-state index in [1.165, 1.54) is 6.07 Å². The van der Waals surface area contributed by atoms with Crippen molar-refractivity contribution >= 4 is 15.7 Å². The number of sulfone groups is 1. The molecule has 0 saturated carbocycles. The van der Waals surface area contributed by atoms with Crippen LogP contribution in [0.2, 0.25) is 0 Å². The van der Waals surface area contributed by atoms with E-state index in [4.69, 9.17) is 0 Å². The molecule has 0 aliphatic heterocycles. The van der Waals surface area contributed by atoms with E-state index < -0.39 is 15.7 Å². The maximum absolute atomic E-state index is 14.5. The highest BCUT2D eigenvalue weighted by atomic mass is 32.2. The zero-order valence-corrected chi connectivity index (χ0v) is 18.7. The number of nitrogens with zero attached hydrogens (tertiary/aromatic N) is 2. The number of benzene rings is 3. The summed E-state index contributed by atoms with van der Waals surface area (Å²) in [4.78, 5) is 16.8. The van der Waals surface area contributed by atoms with Crippen LogP contribution in [0.15, 0.2) is 90.1 Å². The Morgan fingerprint density at radius 1 is 1.00 bits per heavy atom. The Kier molecular flexibility index (Phi) is 6.37. The molecule has 1 heterocycles. The van der Waals surface area contributed by atoms with Crippen molar-refractivity contribution < 1.29 is 17.6 Å². The highest BCUT2D eigenvalue weighted by molar-refractivity contribution is 7.90. The van der Waals surface area contributed by atoms with E-state index in [-0.39, 0.29) is 23.1 Å². The van der Waals surface area contributed by atoms with Gasteiger partial charge in [-0.3, -0.25) is 4.79 Å². The number of hydrogen-bond acceptors (Lipinski definition) is 4. The van der Waals surface area contributed by atoms with Crippen molar-refractivity contribution in [3.05, 3.63) is 114 Å². The average molecular weight is 464 g/mol. The molecule has 4 rings (SSSR count). The number of rotatable bonds is 7. The number of nitrogens with one attached hydrogen (secondary N) is 1. The smallest absolute Gasteiger partial charge is 0.251 e. The third kappa shape index (κ3) is 5.18. The number of imidazole rings is 1. The lowest BCUT2D eigenvalue weighted by atomic mass is 10.1. The van der Waals surface area contributed by atoms with Gasteiger partial charge in [-0.2, -0.15) is 0 Å². The van der Waals surface area contributed by atoms with E-state index in [1.807, 2.05) is 0 Å². The minimum atomic E-state index is -3.46. The number of carbonyl (C=O) groups is 1. The van der Waals surface area contributed by atoms with Crippen LogP contribution in [0, 0.1) is 12.7 Å². The van der Waals surface area contributed by atoms with Crippen LogP contribution in [0.25, 0.3) is 5.69 Å². The largest absolute Gasteiger partial charge is 0.348 e. The van der Waals surface area contributed by atoms with Gasteiger partial charge in [0.2, 0.25) is 0 Å². The maximum Gasteiger partial charge on any atom is 0.251 e. The van der Waals surface area contributed by atoms with E-state index >= 15 is 0 Å². The van der Waals surface area contributed by atoms with Gasteiger partial charge in [-0.15, -0.1) is 0 Å². The van der Waals surface area contributed by atoms with Crippen molar-refractivity contribution in [2.24, 2.45) is 0 Å². The van der Waals surface area contributed by atoms with Crippen LogP contribution in [0.3, 0.4) is 0 Å². The lowest BCUT2D eigenvalue weighted by molar-refractivity contribution is 0.0951. The Hall–Kier alpha value is -3.78. The molecule has 0 saturated heterocycles. The molecule has 0 spiro atoms. The van der Waals surface area contributed by atoms with Gasteiger partial charge in [-0.25, -0.2) is 17.8 Å². The molecule has 6 nitrogen and oxygen atoms in total. The molecule has 1 N–H and O–H groups in total. The molecule has 0 unspecified atom stereocenters. The number of hydrogen-bond donors (Lipinski definition) is 1. The SMILES string of the molecule is Cc1nccn1-c1ccc(CNC(=O)c2ccc(CS(=O)(=O)c3ccccc3)cc2)cc1F. The summed E-state index contributed by atoms with van der Waals surface area (Å²) in [5, 5.41) is 2.76. The van der Waals surface area contributed by atoms with Gasteiger partial charge in [0, 0.05) is 24.5 Å². The third-order valence-corrected chi connectivity index (χ3v) is 6.93. The minimum Gasteiger partial charge on any atom is -0.348 e. The summed E-state index contributed by atoms with van der Waals surface area (Å²) in [6.07, 6.45) is 3.29. The Morgan fingerprint density at radius 3 is 2.33 bits per heavy atom. The summed E-state index contributed by atoms with van der Waals surface area (Å²) >= 11 is 0. The zero-order chi connectivity index (χ0) is 23.4. The van der Waals surface area contributed by atoms with Crippen molar-refractivity contribution in [1.29, 1.82) is 0 Å². The van der Waals surface area contributed by atoms with Gasteiger partial charge in [-0.05, 0) is 54.4 Å². The van der Waals surface area contributed by atoms with Gasteiger partial charge >= 0.3 is 0 Å². The Bertz CT molecular complexity index is 1380. The predicted molar refractivity (Wildman–Crippen MR) is 123 cm³/mol. The molecule has 0 aliphatic rings. The molecule has 0 radical (unpaired) electrons. The van der Waals surface area contributed by atoms with Crippen molar-refractivity contribution in [3.63, 3.8) is 0 Å². The standard InChI is InChI=1S/C25H22FN3O3S/c1-18-27-13-14-29(18)24-12-9-20(15-23(24)26)16-28-25(30)21-10-7-19(8-11-21)17-33(31,32)22-5-3-2-4-6-22/h2-15H,16-17H2,1H3,(H,28,30). The molecule has 0 bridgehead atoms. The van der Waals surface area contributed by atoms with Crippen molar-refractivity contribution in [3.8, 4) is 5.69 Å². The summed E-state index contributed by atoms with van der Waals surface area (Å²) in [6, 6.07) is 19.4. The molecule has 0 atom stereocenters. The first-order valence-electron chi connectivity index (χ1n) is 10.3. The van der Waals surface area contributed by atoms with Crippen LogP contribution >= 0.6 is 0 Å². The second-order valence-corrected chi connectivity index (χ2v) is 9.57. The number of aromatic nitrogens is 2. The zero-order valence-electron chi connectivity index (χ0n) is 17.9. The quantitative estimate of drug-likeness (QED) is 0.445. The molecule has 33 heavy (non-hydrogen) atoms. The average Bonchev–Trinajstić information content (AvgIpc) is 3.24. The molecule has 3 aromatic carbocycles. The van der Waals surface area contributed by atoms with Gasteiger partial charge in [0.05, 0.1) is 16.3 Å². The van der Waals surface area contributed by atoms with Gasteiger partial charge in [0.1, 0.15) is 11.6 Å². The molecule has 1 aromatic heterocycles. The first kappa shape index (κ1) is 22.4. The van der Waals surface area contributed by atoms with E-state index in [2.05, 4.69) is 10.3 Å². The second-order valence-electron chi connectivity index (χ2n) is 7.58. The number of amides is 1. The van der Waals surface area contributed by atoms with Gasteiger partial charge < -0.3 is 9.88 Å². The topological polar surface area (TPSA) is 81.1 Å². The molecule has 8 heteroatoms. The number of halogens is 1. The van der Waals surface area contributed by atoms with Crippen LogP contribution in [0.5, 0.6) is 0 Å². The van der Waals surface area contributed by atoms with Crippen LogP contribution in [0.4, 0.5) is 4.39 Å².